The van der Waals surface area contributed by atoms with Crippen LogP contribution in [-0.4, -0.2) is 51.8 Å². The van der Waals surface area contributed by atoms with Crippen molar-refractivity contribution in [2.45, 2.75) is 37.1 Å². The smallest absolute Gasteiger partial charge is 0.338 e. The van der Waals surface area contributed by atoms with E-state index in [1.807, 2.05) is 13.0 Å². The Morgan fingerprint density at radius 1 is 1.38 bits per heavy atom. The molecular formula is C15H20O5S. The van der Waals surface area contributed by atoms with Gasteiger partial charge in [-0.3, -0.25) is 0 Å². The Kier molecular flexibility index (Phi) is 5.27. The summed E-state index contributed by atoms with van der Waals surface area (Å²) in [6.07, 6.45) is -2.81. The minimum absolute atomic E-state index is 0.0914. The molecule has 116 valence electrons. The van der Waals surface area contributed by atoms with Gasteiger partial charge in [-0.25, -0.2) is 4.79 Å². The van der Waals surface area contributed by atoms with Crippen molar-refractivity contribution in [1.82, 2.24) is 0 Å². The van der Waals surface area contributed by atoms with Crippen molar-refractivity contribution in [3.05, 3.63) is 35.9 Å². The Hall–Kier alpha value is -1.08. The maximum Gasteiger partial charge on any atom is 0.338 e. The maximum atomic E-state index is 11.8. The lowest BCUT2D eigenvalue weighted by Crippen LogP contribution is -2.38. The standard InChI is InChI=1S/C15H20O5S/c1-3-21-15(2)13(17)12(16)11(20-15)9-19-14(18)10-7-5-4-6-8-10/h4-8,11-13,16-17H,3,9H2,1-2H3/t11-,12+,13+,15-/m1/s1. The Morgan fingerprint density at radius 2 is 2.05 bits per heavy atom. The summed E-state index contributed by atoms with van der Waals surface area (Å²) in [7, 11) is 0. The molecule has 0 bridgehead atoms. The fourth-order valence-corrected chi connectivity index (χ4v) is 3.38. The lowest BCUT2D eigenvalue weighted by Gasteiger charge is -2.26. The summed E-state index contributed by atoms with van der Waals surface area (Å²) >= 11 is 1.41. The van der Waals surface area contributed by atoms with Gasteiger partial charge in [0.05, 0.1) is 5.56 Å². The lowest BCUT2D eigenvalue weighted by molar-refractivity contribution is -0.0390. The second kappa shape index (κ2) is 6.79. The molecule has 2 rings (SSSR count). The Labute approximate surface area is 128 Å². The van der Waals surface area contributed by atoms with Crippen LogP contribution >= 0.6 is 11.8 Å². The minimum atomic E-state index is -1.07. The summed E-state index contributed by atoms with van der Waals surface area (Å²) < 4.78 is 10.8. The molecule has 1 saturated heterocycles. The molecule has 0 aliphatic carbocycles. The summed E-state index contributed by atoms with van der Waals surface area (Å²) in [6, 6.07) is 8.61. The summed E-state index contributed by atoms with van der Waals surface area (Å²) in [4.78, 5) is 11.0. The van der Waals surface area contributed by atoms with Gasteiger partial charge in [0.25, 0.3) is 0 Å². The number of rotatable bonds is 5. The van der Waals surface area contributed by atoms with Gasteiger partial charge < -0.3 is 19.7 Å². The van der Waals surface area contributed by atoms with Gasteiger partial charge in [-0.2, -0.15) is 0 Å². The van der Waals surface area contributed by atoms with Gasteiger partial charge in [0, 0.05) is 0 Å². The van der Waals surface area contributed by atoms with E-state index in [1.54, 1.807) is 31.2 Å². The number of thioether (sulfide) groups is 1. The molecule has 1 aliphatic heterocycles. The van der Waals surface area contributed by atoms with Crippen LogP contribution in [0.15, 0.2) is 30.3 Å². The molecule has 1 aliphatic rings. The molecule has 5 nitrogen and oxygen atoms in total. The number of aliphatic hydroxyl groups excluding tert-OH is 2. The second-order valence-corrected chi connectivity index (χ2v) is 6.68. The average Bonchev–Trinajstić information content (AvgIpc) is 2.70. The average molecular weight is 312 g/mol. The van der Waals surface area contributed by atoms with Crippen molar-refractivity contribution in [3.63, 3.8) is 0 Å². The first-order valence-corrected chi connectivity index (χ1v) is 7.86. The van der Waals surface area contributed by atoms with Crippen LogP contribution in [0.4, 0.5) is 0 Å². The van der Waals surface area contributed by atoms with Gasteiger partial charge in [0.15, 0.2) is 0 Å². The van der Waals surface area contributed by atoms with E-state index in [-0.39, 0.29) is 6.61 Å². The molecule has 1 aromatic rings. The number of hydrogen-bond acceptors (Lipinski definition) is 6. The first-order chi connectivity index (χ1) is 9.98. The van der Waals surface area contributed by atoms with Crippen LogP contribution in [0.2, 0.25) is 0 Å². The number of hydrogen-bond donors (Lipinski definition) is 2. The molecule has 4 atom stereocenters. The van der Waals surface area contributed by atoms with E-state index in [0.29, 0.717) is 5.56 Å². The topological polar surface area (TPSA) is 76.0 Å². The summed E-state index contributed by atoms with van der Waals surface area (Å²) in [5.74, 6) is 0.272. The number of benzene rings is 1. The quantitative estimate of drug-likeness (QED) is 0.801. The predicted molar refractivity (Wildman–Crippen MR) is 80.1 cm³/mol. The fraction of sp³-hybridized carbons (Fsp3) is 0.533. The van der Waals surface area contributed by atoms with Crippen molar-refractivity contribution in [3.8, 4) is 0 Å². The second-order valence-electron chi connectivity index (χ2n) is 5.01. The van der Waals surface area contributed by atoms with Gasteiger partial charge in [-0.05, 0) is 24.8 Å². The van der Waals surface area contributed by atoms with Crippen LogP contribution in [0.3, 0.4) is 0 Å². The third-order valence-electron chi connectivity index (χ3n) is 3.45. The molecule has 6 heteroatoms. The molecule has 21 heavy (non-hydrogen) atoms. The van der Waals surface area contributed by atoms with Crippen LogP contribution in [0, 0.1) is 0 Å². The molecule has 1 aromatic carbocycles. The Balaban J connectivity index is 1.93. The minimum Gasteiger partial charge on any atom is -0.459 e. The third kappa shape index (κ3) is 3.58. The Morgan fingerprint density at radius 3 is 2.67 bits per heavy atom. The van der Waals surface area contributed by atoms with Crippen LogP contribution in [0.1, 0.15) is 24.2 Å². The van der Waals surface area contributed by atoms with Gasteiger partial charge in [-0.15, -0.1) is 11.8 Å². The monoisotopic (exact) mass is 312 g/mol. The zero-order valence-electron chi connectivity index (χ0n) is 12.1. The molecule has 0 radical (unpaired) electrons. The SMILES string of the molecule is CCS[C@@]1(C)O[C@H](COC(=O)c2ccccc2)[C@H](O)[C@@H]1O. The van der Waals surface area contributed by atoms with E-state index in [1.165, 1.54) is 11.8 Å². The van der Waals surface area contributed by atoms with E-state index in [4.69, 9.17) is 9.47 Å². The van der Waals surface area contributed by atoms with Gasteiger partial charge in [0.1, 0.15) is 29.9 Å². The highest BCUT2D eigenvalue weighted by atomic mass is 32.2. The molecule has 2 N–H and O–H groups in total. The van der Waals surface area contributed by atoms with E-state index in [0.717, 1.165) is 5.75 Å². The van der Waals surface area contributed by atoms with E-state index >= 15 is 0 Å². The van der Waals surface area contributed by atoms with E-state index < -0.39 is 29.2 Å². The van der Waals surface area contributed by atoms with E-state index in [2.05, 4.69) is 0 Å². The number of ether oxygens (including phenoxy) is 2. The first-order valence-electron chi connectivity index (χ1n) is 6.88. The molecule has 0 spiro atoms. The summed E-state index contributed by atoms with van der Waals surface area (Å²) in [5.41, 5.74) is 0.441. The molecule has 0 amide bonds. The van der Waals surface area contributed by atoms with Gasteiger partial charge in [-0.1, -0.05) is 25.1 Å². The van der Waals surface area contributed by atoms with Crippen molar-refractivity contribution < 1.29 is 24.5 Å². The molecule has 0 aromatic heterocycles. The molecular weight excluding hydrogens is 292 g/mol. The molecule has 1 heterocycles. The predicted octanol–water partition coefficient (Wildman–Crippen LogP) is 1.43. The van der Waals surface area contributed by atoms with Gasteiger partial charge in [0.2, 0.25) is 0 Å². The Bertz CT molecular complexity index is 480. The fourth-order valence-electron chi connectivity index (χ4n) is 2.31. The van der Waals surface area contributed by atoms with Crippen LogP contribution in [0.25, 0.3) is 0 Å². The zero-order valence-corrected chi connectivity index (χ0v) is 12.9. The number of aliphatic hydroxyl groups is 2. The van der Waals surface area contributed by atoms with Crippen molar-refractivity contribution in [2.75, 3.05) is 12.4 Å². The molecule has 1 fully saturated rings. The van der Waals surface area contributed by atoms with Crippen LogP contribution in [-0.2, 0) is 9.47 Å². The third-order valence-corrected chi connectivity index (χ3v) is 4.65. The van der Waals surface area contributed by atoms with Crippen molar-refractivity contribution in [2.24, 2.45) is 0 Å². The number of carbonyl (C=O) groups excluding carboxylic acids is 1. The highest BCUT2D eigenvalue weighted by Crippen LogP contribution is 2.39. The van der Waals surface area contributed by atoms with Crippen molar-refractivity contribution >= 4 is 17.7 Å². The number of carbonyl (C=O) groups is 1. The van der Waals surface area contributed by atoms with Gasteiger partial charge >= 0.3 is 5.97 Å². The highest BCUT2D eigenvalue weighted by molar-refractivity contribution is 8.00. The zero-order chi connectivity index (χ0) is 15.5. The normalized spacial score (nSPS) is 32.1. The maximum absolute atomic E-state index is 11.8. The summed E-state index contributed by atoms with van der Waals surface area (Å²) in [6.45, 7) is 3.58. The highest BCUT2D eigenvalue weighted by Gasteiger charge is 2.51. The van der Waals surface area contributed by atoms with Crippen LogP contribution in [0.5, 0.6) is 0 Å². The molecule has 0 saturated carbocycles. The summed E-state index contributed by atoms with van der Waals surface area (Å²) in [5, 5.41) is 20.1. The first kappa shape index (κ1) is 16.3. The number of esters is 1. The van der Waals surface area contributed by atoms with Crippen molar-refractivity contribution in [1.29, 1.82) is 0 Å². The van der Waals surface area contributed by atoms with E-state index in [9.17, 15) is 15.0 Å². The lowest BCUT2D eigenvalue weighted by atomic mass is 10.1. The largest absolute Gasteiger partial charge is 0.459 e. The van der Waals surface area contributed by atoms with Crippen LogP contribution < -0.4 is 0 Å². The molecule has 0 unspecified atom stereocenters.